The van der Waals surface area contributed by atoms with Gasteiger partial charge in [-0.15, -0.1) is 11.6 Å². The number of alkyl halides is 1. The minimum atomic E-state index is 0.258. The zero-order valence-corrected chi connectivity index (χ0v) is 12.6. The second-order valence-electron chi connectivity index (χ2n) is 4.11. The number of nitriles is 1. The van der Waals surface area contributed by atoms with Crippen LogP contribution >= 0.6 is 34.8 Å². The fraction of sp³-hybridized carbons (Fsp3) is 0.133. The smallest absolute Gasteiger partial charge is 0.142 e. The summed E-state index contributed by atoms with van der Waals surface area (Å²) in [6.45, 7) is 0.306. The van der Waals surface area contributed by atoms with Gasteiger partial charge in [0.2, 0.25) is 0 Å². The largest absolute Gasteiger partial charge is 0.487 e. The third kappa shape index (κ3) is 3.58. The third-order valence-corrected chi connectivity index (χ3v) is 3.46. The fourth-order valence-electron chi connectivity index (χ4n) is 1.76. The van der Waals surface area contributed by atoms with Crippen molar-refractivity contribution >= 4 is 34.8 Å². The molecule has 0 saturated heterocycles. The lowest BCUT2D eigenvalue weighted by molar-refractivity contribution is 0.304. The SMILES string of the molecule is N#Cc1cccc(COc2c(Cl)cc(Cl)cc2CCl)c1. The monoisotopic (exact) mass is 325 g/mol. The van der Waals surface area contributed by atoms with Crippen LogP contribution in [0.15, 0.2) is 36.4 Å². The van der Waals surface area contributed by atoms with Crippen LogP contribution in [0.2, 0.25) is 10.0 Å². The molecule has 0 aliphatic heterocycles. The lowest BCUT2D eigenvalue weighted by atomic mass is 10.1. The van der Waals surface area contributed by atoms with E-state index in [0.29, 0.717) is 28.0 Å². The number of benzene rings is 2. The topological polar surface area (TPSA) is 33.0 Å². The van der Waals surface area contributed by atoms with Crippen LogP contribution in [-0.2, 0) is 12.5 Å². The molecule has 0 fully saturated rings. The Morgan fingerprint density at radius 1 is 1.15 bits per heavy atom. The highest BCUT2D eigenvalue weighted by Crippen LogP contribution is 2.34. The minimum Gasteiger partial charge on any atom is -0.487 e. The Morgan fingerprint density at radius 2 is 1.95 bits per heavy atom. The molecular formula is C15H10Cl3NO. The normalized spacial score (nSPS) is 10.1. The van der Waals surface area contributed by atoms with E-state index in [1.54, 1.807) is 24.3 Å². The zero-order chi connectivity index (χ0) is 14.5. The van der Waals surface area contributed by atoms with E-state index in [0.717, 1.165) is 11.1 Å². The summed E-state index contributed by atoms with van der Waals surface area (Å²) in [5.41, 5.74) is 2.21. The van der Waals surface area contributed by atoms with Gasteiger partial charge in [0.05, 0.1) is 22.5 Å². The molecule has 20 heavy (non-hydrogen) atoms. The maximum Gasteiger partial charge on any atom is 0.142 e. The summed E-state index contributed by atoms with van der Waals surface area (Å²) in [7, 11) is 0. The van der Waals surface area contributed by atoms with Crippen LogP contribution in [0.25, 0.3) is 0 Å². The van der Waals surface area contributed by atoms with E-state index in [1.165, 1.54) is 0 Å². The van der Waals surface area contributed by atoms with Crippen molar-refractivity contribution in [1.29, 1.82) is 5.26 Å². The van der Waals surface area contributed by atoms with Crippen LogP contribution in [-0.4, -0.2) is 0 Å². The van der Waals surface area contributed by atoms with Crippen molar-refractivity contribution < 1.29 is 4.74 Å². The number of hydrogen-bond acceptors (Lipinski definition) is 2. The summed E-state index contributed by atoms with van der Waals surface area (Å²) in [6, 6.07) is 12.6. The molecule has 0 unspecified atom stereocenters. The predicted molar refractivity (Wildman–Crippen MR) is 81.5 cm³/mol. The Morgan fingerprint density at radius 3 is 2.65 bits per heavy atom. The molecule has 0 aromatic heterocycles. The second kappa shape index (κ2) is 6.85. The molecule has 0 heterocycles. The first-order chi connectivity index (χ1) is 9.63. The predicted octanol–water partition coefficient (Wildman–Crippen LogP) is 5.18. The van der Waals surface area contributed by atoms with E-state index in [2.05, 4.69) is 6.07 Å². The van der Waals surface area contributed by atoms with Crippen molar-refractivity contribution in [2.75, 3.05) is 0 Å². The van der Waals surface area contributed by atoms with Crippen molar-refractivity contribution in [1.82, 2.24) is 0 Å². The van der Waals surface area contributed by atoms with Gasteiger partial charge in [-0.3, -0.25) is 0 Å². The van der Waals surface area contributed by atoms with Crippen LogP contribution in [0.3, 0.4) is 0 Å². The average molecular weight is 327 g/mol. The molecule has 0 bridgehead atoms. The van der Waals surface area contributed by atoms with Gasteiger partial charge in [0.25, 0.3) is 0 Å². The Hall–Kier alpha value is -1.40. The number of halogens is 3. The van der Waals surface area contributed by atoms with Gasteiger partial charge in [0.1, 0.15) is 12.4 Å². The first kappa shape index (κ1) is 15.0. The highest BCUT2D eigenvalue weighted by atomic mass is 35.5. The van der Waals surface area contributed by atoms with Crippen LogP contribution in [0.4, 0.5) is 0 Å². The average Bonchev–Trinajstić information content (AvgIpc) is 2.45. The van der Waals surface area contributed by atoms with Gasteiger partial charge in [-0.2, -0.15) is 5.26 Å². The molecule has 2 rings (SSSR count). The van der Waals surface area contributed by atoms with Crippen molar-refractivity contribution in [2.45, 2.75) is 12.5 Å². The lowest BCUT2D eigenvalue weighted by Gasteiger charge is -2.12. The second-order valence-corrected chi connectivity index (χ2v) is 5.22. The molecule has 0 aliphatic carbocycles. The Labute approximate surface area is 132 Å². The zero-order valence-electron chi connectivity index (χ0n) is 10.4. The maximum absolute atomic E-state index is 8.86. The molecule has 2 aromatic carbocycles. The van der Waals surface area contributed by atoms with Crippen LogP contribution in [0.5, 0.6) is 5.75 Å². The lowest BCUT2D eigenvalue weighted by Crippen LogP contribution is -1.99. The van der Waals surface area contributed by atoms with Crippen molar-refractivity contribution in [3.05, 3.63) is 63.1 Å². The third-order valence-electron chi connectivity index (χ3n) is 2.67. The summed E-state index contributed by atoms with van der Waals surface area (Å²) in [5, 5.41) is 9.80. The van der Waals surface area contributed by atoms with E-state index in [9.17, 15) is 0 Å². The van der Waals surface area contributed by atoms with Crippen LogP contribution in [0.1, 0.15) is 16.7 Å². The number of nitrogens with zero attached hydrogens (tertiary/aromatic N) is 1. The van der Waals surface area contributed by atoms with Crippen LogP contribution in [0, 0.1) is 11.3 Å². The van der Waals surface area contributed by atoms with Crippen molar-refractivity contribution in [3.8, 4) is 11.8 Å². The summed E-state index contributed by atoms with van der Waals surface area (Å²) in [5.74, 6) is 0.779. The maximum atomic E-state index is 8.86. The van der Waals surface area contributed by atoms with Gasteiger partial charge in [-0.25, -0.2) is 0 Å². The van der Waals surface area contributed by atoms with Crippen molar-refractivity contribution in [3.63, 3.8) is 0 Å². The van der Waals surface area contributed by atoms with Gasteiger partial charge in [-0.05, 0) is 29.8 Å². The van der Waals surface area contributed by atoms with Gasteiger partial charge >= 0.3 is 0 Å². The quantitative estimate of drug-likeness (QED) is 0.725. The molecule has 0 spiro atoms. The molecule has 0 N–H and O–H groups in total. The molecule has 0 saturated carbocycles. The summed E-state index contributed by atoms with van der Waals surface area (Å²) < 4.78 is 5.71. The first-order valence-corrected chi connectivity index (χ1v) is 7.09. The Kier molecular flexibility index (Phi) is 5.14. The summed E-state index contributed by atoms with van der Waals surface area (Å²) >= 11 is 17.9. The number of hydrogen-bond donors (Lipinski definition) is 0. The van der Waals surface area contributed by atoms with E-state index < -0.39 is 0 Å². The molecule has 102 valence electrons. The fourth-order valence-corrected chi connectivity index (χ4v) is 2.55. The standard InChI is InChI=1S/C15H10Cl3NO/c16-7-12-5-13(17)6-14(18)15(12)20-9-11-3-1-2-10(4-11)8-19/h1-6H,7,9H2. The van der Waals surface area contributed by atoms with Crippen LogP contribution < -0.4 is 4.74 Å². The molecule has 0 radical (unpaired) electrons. The van der Waals surface area contributed by atoms with Crippen molar-refractivity contribution in [2.24, 2.45) is 0 Å². The van der Waals surface area contributed by atoms with E-state index in [4.69, 9.17) is 44.8 Å². The Bertz CT molecular complexity index is 665. The minimum absolute atomic E-state index is 0.258. The van der Waals surface area contributed by atoms with E-state index in [-0.39, 0.29) is 5.88 Å². The molecule has 0 atom stereocenters. The molecular weight excluding hydrogens is 317 g/mol. The molecule has 2 aromatic rings. The highest BCUT2D eigenvalue weighted by molar-refractivity contribution is 6.36. The molecule has 2 nitrogen and oxygen atoms in total. The molecule has 0 aliphatic rings. The molecule has 0 amide bonds. The Balaban J connectivity index is 2.20. The van der Waals surface area contributed by atoms with Gasteiger partial charge < -0.3 is 4.74 Å². The highest BCUT2D eigenvalue weighted by Gasteiger charge is 2.10. The summed E-state index contributed by atoms with van der Waals surface area (Å²) in [4.78, 5) is 0. The van der Waals surface area contributed by atoms with Gasteiger partial charge in [0, 0.05) is 10.6 Å². The van der Waals surface area contributed by atoms with E-state index in [1.807, 2.05) is 12.1 Å². The number of ether oxygens (including phenoxy) is 1. The number of rotatable bonds is 4. The first-order valence-electron chi connectivity index (χ1n) is 5.79. The van der Waals surface area contributed by atoms with Gasteiger partial charge in [0.15, 0.2) is 0 Å². The van der Waals surface area contributed by atoms with Gasteiger partial charge in [-0.1, -0.05) is 35.3 Å². The molecule has 5 heteroatoms. The summed E-state index contributed by atoms with van der Waals surface area (Å²) in [6.07, 6.45) is 0. The van der Waals surface area contributed by atoms with E-state index >= 15 is 0 Å².